The molecule has 166 valence electrons. The van der Waals surface area contributed by atoms with Crippen LogP contribution < -0.4 is 13.6 Å². The molecule has 14 heteroatoms. The zero-order chi connectivity index (χ0) is 22.8. The van der Waals surface area contributed by atoms with Gasteiger partial charge in [-0.2, -0.15) is 8.42 Å². The van der Waals surface area contributed by atoms with Gasteiger partial charge in [0.05, 0.1) is 17.4 Å². The van der Waals surface area contributed by atoms with E-state index < -0.39 is 44.3 Å². The van der Waals surface area contributed by atoms with Gasteiger partial charge in [-0.05, 0) is 42.0 Å². The van der Waals surface area contributed by atoms with E-state index in [1.54, 1.807) is 0 Å². The van der Waals surface area contributed by atoms with Gasteiger partial charge < -0.3 is 13.4 Å². The van der Waals surface area contributed by atoms with E-state index in [0.29, 0.717) is 0 Å². The van der Waals surface area contributed by atoms with Crippen LogP contribution in [0.1, 0.15) is 5.56 Å². The summed E-state index contributed by atoms with van der Waals surface area (Å²) in [6, 6.07) is 6.50. The number of sulfonamides is 1. The van der Waals surface area contributed by atoms with E-state index in [4.69, 9.17) is 4.74 Å². The second-order valence-electron chi connectivity index (χ2n) is 6.11. The fourth-order valence-electron chi connectivity index (χ4n) is 2.45. The first kappa shape index (κ1) is 22.4. The Morgan fingerprint density at radius 3 is 2.16 bits per heavy atom. The van der Waals surface area contributed by atoms with Crippen molar-refractivity contribution >= 4 is 26.3 Å². The van der Waals surface area contributed by atoms with Gasteiger partial charge in [0, 0.05) is 0 Å². The van der Waals surface area contributed by atoms with Crippen LogP contribution in [0.15, 0.2) is 47.2 Å². The van der Waals surface area contributed by atoms with Gasteiger partial charge in [0.1, 0.15) is 36.0 Å². The van der Waals surface area contributed by atoms with Crippen LogP contribution in [-0.4, -0.2) is 28.2 Å². The Balaban J connectivity index is 1.77. The fraction of sp³-hybridized carbons (Fsp3) is 0.118. The van der Waals surface area contributed by atoms with Crippen LogP contribution in [0.2, 0.25) is 0 Å². The number of halogens is 3. The van der Waals surface area contributed by atoms with Gasteiger partial charge in [-0.3, -0.25) is 4.72 Å². The van der Waals surface area contributed by atoms with E-state index >= 15 is 0 Å². The molecule has 1 aromatic heterocycles. The molecule has 0 aliphatic carbocycles. The average Bonchev–Trinajstić information content (AvgIpc) is 3.07. The largest absolute Gasteiger partial charge is 0.489 e. The van der Waals surface area contributed by atoms with E-state index in [-0.39, 0.29) is 28.4 Å². The summed E-state index contributed by atoms with van der Waals surface area (Å²) < 4.78 is 101. The highest BCUT2D eigenvalue weighted by Gasteiger charge is 2.19. The third-order valence-electron chi connectivity index (χ3n) is 3.71. The van der Waals surface area contributed by atoms with Gasteiger partial charge in [0.25, 0.3) is 0 Å². The number of aromatic nitrogens is 1. The third kappa shape index (κ3) is 6.11. The van der Waals surface area contributed by atoms with Gasteiger partial charge in [0.2, 0.25) is 10.0 Å². The third-order valence-corrected chi connectivity index (χ3v) is 4.66. The van der Waals surface area contributed by atoms with Gasteiger partial charge in [-0.25, -0.2) is 17.2 Å². The van der Waals surface area contributed by atoms with Crippen LogP contribution in [-0.2, 0) is 27.1 Å². The number of hydrogen-bond acceptors (Lipinski definition) is 8. The first-order chi connectivity index (χ1) is 14.4. The van der Waals surface area contributed by atoms with E-state index in [0.717, 1.165) is 36.8 Å². The topological polar surface area (TPSA) is 125 Å². The highest BCUT2D eigenvalue weighted by molar-refractivity contribution is 7.92. The monoisotopic (exact) mass is 478 g/mol. The van der Waals surface area contributed by atoms with Crippen molar-refractivity contribution in [1.29, 1.82) is 0 Å². The second-order valence-corrected chi connectivity index (χ2v) is 8.81. The molecular weight excluding hydrogens is 465 g/mol. The zero-order valence-electron chi connectivity index (χ0n) is 15.5. The molecule has 0 atom stereocenters. The zero-order valence-corrected chi connectivity index (χ0v) is 17.1. The van der Waals surface area contributed by atoms with Gasteiger partial charge in [-0.15, -0.1) is 0 Å². The predicted octanol–water partition coefficient (Wildman–Crippen LogP) is 3.16. The SMILES string of the molecule is CS(=O)(=O)Nc1nocc1-c1cc(F)c(COc2ccc(OS(=O)(=O)F)cc2)c(F)c1. The molecule has 3 aromatic rings. The molecule has 0 amide bonds. The summed E-state index contributed by atoms with van der Waals surface area (Å²) in [6.07, 6.45) is 1.90. The Hall–Kier alpha value is -3.26. The van der Waals surface area contributed by atoms with Crippen LogP contribution >= 0.6 is 0 Å². The molecule has 1 N–H and O–H groups in total. The molecule has 3 rings (SSSR count). The highest BCUT2D eigenvalue weighted by atomic mass is 32.3. The van der Waals surface area contributed by atoms with Crippen LogP contribution in [0.25, 0.3) is 11.1 Å². The maximum absolute atomic E-state index is 14.5. The first-order valence-electron chi connectivity index (χ1n) is 8.19. The van der Waals surface area contributed by atoms with Crippen molar-refractivity contribution < 1.29 is 42.9 Å². The minimum Gasteiger partial charge on any atom is -0.489 e. The molecule has 1 heterocycles. The van der Waals surface area contributed by atoms with Crippen molar-refractivity contribution in [2.75, 3.05) is 11.0 Å². The lowest BCUT2D eigenvalue weighted by Gasteiger charge is -2.10. The normalized spacial score (nSPS) is 11.9. The molecule has 0 aliphatic rings. The van der Waals surface area contributed by atoms with E-state index in [1.807, 2.05) is 0 Å². The fourth-order valence-corrected chi connectivity index (χ4v) is 3.29. The maximum Gasteiger partial charge on any atom is 0.488 e. The van der Waals surface area contributed by atoms with Crippen LogP contribution in [0.5, 0.6) is 11.5 Å². The molecule has 31 heavy (non-hydrogen) atoms. The maximum atomic E-state index is 14.5. The van der Waals surface area contributed by atoms with E-state index in [2.05, 4.69) is 18.6 Å². The number of hydrogen-bond donors (Lipinski definition) is 1. The molecule has 0 saturated heterocycles. The molecular formula is C17H13F3N2O7S2. The van der Waals surface area contributed by atoms with E-state index in [1.165, 1.54) is 12.1 Å². The molecule has 0 unspecified atom stereocenters. The molecule has 0 radical (unpaired) electrons. The summed E-state index contributed by atoms with van der Waals surface area (Å²) in [5, 5.41) is 3.46. The van der Waals surface area contributed by atoms with Crippen LogP contribution in [0, 0.1) is 11.6 Å². The number of rotatable bonds is 8. The molecule has 9 nitrogen and oxygen atoms in total. The summed E-state index contributed by atoms with van der Waals surface area (Å²) in [4.78, 5) is 0. The number of benzene rings is 2. The molecule has 0 spiro atoms. The minimum absolute atomic E-state index is 0.0223. The Morgan fingerprint density at radius 1 is 1.03 bits per heavy atom. The van der Waals surface area contributed by atoms with Gasteiger partial charge in [-0.1, -0.05) is 9.04 Å². The van der Waals surface area contributed by atoms with Crippen molar-refractivity contribution in [3.05, 3.63) is 59.9 Å². The summed E-state index contributed by atoms with van der Waals surface area (Å²) in [5.41, 5.74) is -0.432. The lowest BCUT2D eigenvalue weighted by atomic mass is 10.1. The van der Waals surface area contributed by atoms with Crippen molar-refractivity contribution in [2.24, 2.45) is 0 Å². The lowest BCUT2D eigenvalue weighted by Crippen LogP contribution is -2.10. The Labute approximate surface area is 174 Å². The Bertz CT molecular complexity index is 1280. The Kier molecular flexibility index (Phi) is 6.13. The highest BCUT2D eigenvalue weighted by Crippen LogP contribution is 2.31. The Morgan fingerprint density at radius 2 is 1.61 bits per heavy atom. The predicted molar refractivity (Wildman–Crippen MR) is 102 cm³/mol. The van der Waals surface area contributed by atoms with Crippen molar-refractivity contribution in [3.8, 4) is 22.6 Å². The quantitative estimate of drug-likeness (QED) is 0.490. The minimum atomic E-state index is -5.18. The van der Waals surface area contributed by atoms with Gasteiger partial charge >= 0.3 is 10.5 Å². The van der Waals surface area contributed by atoms with Crippen molar-refractivity contribution in [2.45, 2.75) is 6.61 Å². The molecule has 0 saturated carbocycles. The molecule has 2 aromatic carbocycles. The van der Waals surface area contributed by atoms with E-state index in [9.17, 15) is 29.5 Å². The summed E-state index contributed by atoms with van der Waals surface area (Å²) in [5.74, 6) is -2.41. The second kappa shape index (κ2) is 8.47. The molecule has 0 fully saturated rings. The van der Waals surface area contributed by atoms with Crippen molar-refractivity contribution in [1.82, 2.24) is 5.16 Å². The number of nitrogens with one attached hydrogen (secondary N) is 1. The average molecular weight is 478 g/mol. The summed E-state index contributed by atoms with van der Waals surface area (Å²) in [7, 11) is -8.88. The summed E-state index contributed by atoms with van der Waals surface area (Å²) >= 11 is 0. The smallest absolute Gasteiger partial charge is 0.488 e. The molecule has 0 aliphatic heterocycles. The van der Waals surface area contributed by atoms with Crippen LogP contribution in [0.3, 0.4) is 0 Å². The van der Waals surface area contributed by atoms with Crippen molar-refractivity contribution in [3.63, 3.8) is 0 Å². The number of ether oxygens (including phenoxy) is 1. The number of anilines is 1. The summed E-state index contributed by atoms with van der Waals surface area (Å²) in [6.45, 7) is -0.530. The lowest BCUT2D eigenvalue weighted by molar-refractivity contribution is 0.292. The first-order valence-corrected chi connectivity index (χ1v) is 11.4. The van der Waals surface area contributed by atoms with Crippen LogP contribution in [0.4, 0.5) is 18.5 Å². The standard InChI is InChI=1S/C17H13F3N2O7S2/c1-30(23,24)22-17-13(9-28-21-17)10-6-15(18)14(16(19)7-10)8-27-11-2-4-12(5-3-11)29-31(20,25)26/h2-7,9H,8H2,1H3,(H,21,22). The molecule has 0 bridgehead atoms. The van der Waals surface area contributed by atoms with Gasteiger partial charge in [0.15, 0.2) is 5.82 Å². The number of nitrogens with zero attached hydrogens (tertiary/aromatic N) is 1.